The van der Waals surface area contributed by atoms with E-state index in [0.717, 1.165) is 0 Å². The maximum Gasteiger partial charge on any atom is 0.166 e. The van der Waals surface area contributed by atoms with Crippen molar-refractivity contribution >= 4 is 11.8 Å². The van der Waals surface area contributed by atoms with Gasteiger partial charge in [0.1, 0.15) is 0 Å². The van der Waals surface area contributed by atoms with E-state index >= 15 is 0 Å². The zero-order chi connectivity index (χ0) is 12.3. The fourth-order valence-corrected chi connectivity index (χ4v) is 2.18. The van der Waals surface area contributed by atoms with Crippen LogP contribution in [0.2, 0.25) is 0 Å². The molecule has 0 N–H and O–H groups in total. The average molecular weight is 229 g/mol. The topological polar surface area (TPSA) is 57.2 Å². The molecule has 1 aliphatic rings. The molecule has 0 radical (unpaired) electrons. The Kier molecular flexibility index (Phi) is 3.38. The molecule has 1 aliphatic carbocycles. The van der Waals surface area contributed by atoms with Gasteiger partial charge in [-0.1, -0.05) is 42.5 Å². The maximum atomic E-state index is 12.2. The van der Waals surface area contributed by atoms with Gasteiger partial charge in [-0.05, 0) is 12.8 Å². The van der Waals surface area contributed by atoms with Crippen molar-refractivity contribution in [3.8, 4) is 0 Å². The first-order valence-corrected chi connectivity index (χ1v) is 5.65. The highest BCUT2D eigenvalue weighted by Crippen LogP contribution is 2.28. The summed E-state index contributed by atoms with van der Waals surface area (Å²) in [6.45, 7) is 0. The van der Waals surface area contributed by atoms with E-state index in [1.54, 1.807) is 30.3 Å². The molecule has 0 heterocycles. The van der Waals surface area contributed by atoms with Crippen LogP contribution in [-0.2, 0) is 4.79 Å². The minimum Gasteiger partial charge on any atom is -0.550 e. The van der Waals surface area contributed by atoms with Crippen LogP contribution in [0.4, 0.5) is 0 Å². The molecule has 0 bridgehead atoms. The predicted octanol–water partition coefficient (Wildman–Crippen LogP) is 1.20. The Balaban J connectivity index is 2.24. The summed E-state index contributed by atoms with van der Waals surface area (Å²) < 4.78 is 0. The van der Waals surface area contributed by atoms with Crippen molar-refractivity contribution in [1.82, 2.24) is 0 Å². The fraction of sp³-hybridized carbons (Fsp3) is 0.286. The van der Waals surface area contributed by atoms with Crippen molar-refractivity contribution < 1.29 is 14.7 Å². The molecule has 2 rings (SSSR count). The molecule has 0 saturated heterocycles. The number of ketones is 1. The number of carbonyl (C=O) groups excluding carboxylic acids is 2. The van der Waals surface area contributed by atoms with E-state index in [0.29, 0.717) is 18.4 Å². The van der Waals surface area contributed by atoms with E-state index in [4.69, 9.17) is 0 Å². The van der Waals surface area contributed by atoms with Gasteiger partial charge in [0.05, 0.1) is 0 Å². The third kappa shape index (κ3) is 2.44. The van der Waals surface area contributed by atoms with Crippen molar-refractivity contribution in [2.45, 2.75) is 12.8 Å². The van der Waals surface area contributed by atoms with Crippen LogP contribution in [0.15, 0.2) is 42.5 Å². The van der Waals surface area contributed by atoms with Crippen molar-refractivity contribution in [2.24, 2.45) is 11.8 Å². The summed E-state index contributed by atoms with van der Waals surface area (Å²) in [5.74, 6) is -2.44. The summed E-state index contributed by atoms with van der Waals surface area (Å²) in [5, 5.41) is 11.0. The van der Waals surface area contributed by atoms with Crippen molar-refractivity contribution in [3.63, 3.8) is 0 Å². The summed E-state index contributed by atoms with van der Waals surface area (Å²) in [5.41, 5.74) is 0.569. The van der Waals surface area contributed by atoms with E-state index < -0.39 is 17.8 Å². The van der Waals surface area contributed by atoms with Gasteiger partial charge in [-0.15, -0.1) is 0 Å². The van der Waals surface area contributed by atoms with Gasteiger partial charge in [-0.2, -0.15) is 0 Å². The van der Waals surface area contributed by atoms with Crippen LogP contribution in [0.25, 0.3) is 0 Å². The minimum absolute atomic E-state index is 0.107. The molecule has 3 heteroatoms. The van der Waals surface area contributed by atoms with E-state index in [1.165, 1.54) is 0 Å². The minimum atomic E-state index is -1.14. The molecular weight excluding hydrogens is 216 g/mol. The smallest absolute Gasteiger partial charge is 0.166 e. The first kappa shape index (κ1) is 11.6. The van der Waals surface area contributed by atoms with Gasteiger partial charge in [0.25, 0.3) is 0 Å². The summed E-state index contributed by atoms with van der Waals surface area (Å²) in [4.78, 5) is 23.2. The monoisotopic (exact) mass is 229 g/mol. The molecule has 0 fully saturated rings. The van der Waals surface area contributed by atoms with Gasteiger partial charge in [-0.3, -0.25) is 4.79 Å². The molecule has 2 atom stereocenters. The van der Waals surface area contributed by atoms with Gasteiger partial charge in [-0.25, -0.2) is 0 Å². The number of hydrogen-bond donors (Lipinski definition) is 0. The van der Waals surface area contributed by atoms with E-state index in [9.17, 15) is 14.7 Å². The average Bonchev–Trinajstić information content (AvgIpc) is 2.39. The Bertz CT molecular complexity index is 448. The van der Waals surface area contributed by atoms with Crippen molar-refractivity contribution in [3.05, 3.63) is 48.0 Å². The second-order valence-electron chi connectivity index (χ2n) is 4.21. The molecule has 17 heavy (non-hydrogen) atoms. The lowest BCUT2D eigenvalue weighted by Crippen LogP contribution is -2.39. The number of aliphatic carboxylic acids is 1. The Hall–Kier alpha value is -1.90. The Morgan fingerprint density at radius 2 is 1.59 bits per heavy atom. The Morgan fingerprint density at radius 3 is 2.18 bits per heavy atom. The van der Waals surface area contributed by atoms with E-state index in [2.05, 4.69) is 0 Å². The number of hydrogen-bond acceptors (Lipinski definition) is 3. The predicted molar refractivity (Wildman–Crippen MR) is 61.1 cm³/mol. The second kappa shape index (κ2) is 4.95. The molecule has 0 aliphatic heterocycles. The van der Waals surface area contributed by atoms with Gasteiger partial charge in [0, 0.05) is 23.4 Å². The summed E-state index contributed by atoms with van der Waals surface area (Å²) in [6, 6.07) is 8.81. The van der Waals surface area contributed by atoms with Crippen LogP contribution in [-0.4, -0.2) is 11.8 Å². The number of carboxylic acids is 1. The molecule has 0 aromatic heterocycles. The van der Waals surface area contributed by atoms with Crippen LogP contribution in [0.5, 0.6) is 0 Å². The number of benzene rings is 1. The number of allylic oxidation sites excluding steroid dienone is 2. The van der Waals surface area contributed by atoms with Gasteiger partial charge in [0.15, 0.2) is 5.78 Å². The summed E-state index contributed by atoms with van der Waals surface area (Å²) in [6.07, 6.45) is 4.53. The van der Waals surface area contributed by atoms with Gasteiger partial charge in [0.2, 0.25) is 0 Å². The molecule has 0 saturated carbocycles. The lowest BCUT2D eigenvalue weighted by molar-refractivity contribution is -0.312. The highest BCUT2D eigenvalue weighted by atomic mass is 16.4. The number of rotatable bonds is 3. The highest BCUT2D eigenvalue weighted by molar-refractivity contribution is 6.00. The number of Topliss-reactive ketones (excluding diaryl/α,β-unsaturated/α-hetero) is 1. The number of carboxylic acid groups (broad SMARTS) is 1. The molecule has 0 amide bonds. The standard InChI is InChI=1S/C14H14O3/c15-13(10-6-2-1-3-7-10)11-8-4-5-9-12(11)14(16)17/h1-7,11-12H,8-9H2,(H,16,17)/p-1/t11-,12+/m0/s1. The number of carbonyl (C=O) groups is 2. The van der Waals surface area contributed by atoms with Crippen LogP contribution in [0.3, 0.4) is 0 Å². The first-order valence-electron chi connectivity index (χ1n) is 5.65. The maximum absolute atomic E-state index is 12.2. The molecule has 0 unspecified atom stereocenters. The largest absolute Gasteiger partial charge is 0.550 e. The van der Waals surface area contributed by atoms with E-state index in [-0.39, 0.29) is 5.78 Å². The molecule has 0 spiro atoms. The Labute approximate surface area is 99.8 Å². The first-order chi connectivity index (χ1) is 8.20. The third-order valence-corrected chi connectivity index (χ3v) is 3.13. The Morgan fingerprint density at radius 1 is 1.00 bits per heavy atom. The highest BCUT2D eigenvalue weighted by Gasteiger charge is 2.30. The molecule has 88 valence electrons. The molecular formula is C14H13O3-. The lowest BCUT2D eigenvalue weighted by atomic mass is 9.78. The van der Waals surface area contributed by atoms with Crippen LogP contribution >= 0.6 is 0 Å². The van der Waals surface area contributed by atoms with Gasteiger partial charge >= 0.3 is 0 Å². The van der Waals surface area contributed by atoms with Crippen LogP contribution < -0.4 is 5.11 Å². The lowest BCUT2D eigenvalue weighted by Gasteiger charge is -2.28. The fourth-order valence-electron chi connectivity index (χ4n) is 2.18. The second-order valence-corrected chi connectivity index (χ2v) is 4.21. The summed E-state index contributed by atoms with van der Waals surface area (Å²) in [7, 11) is 0. The SMILES string of the molecule is O=C(c1ccccc1)[C@H]1CC=CC[C@H]1C(=O)[O-]. The molecule has 1 aromatic carbocycles. The van der Waals surface area contributed by atoms with E-state index in [1.807, 2.05) is 12.1 Å². The van der Waals surface area contributed by atoms with Gasteiger partial charge < -0.3 is 9.90 Å². The zero-order valence-electron chi connectivity index (χ0n) is 9.34. The molecule has 3 nitrogen and oxygen atoms in total. The third-order valence-electron chi connectivity index (χ3n) is 3.13. The van der Waals surface area contributed by atoms with Crippen molar-refractivity contribution in [2.75, 3.05) is 0 Å². The molecule has 1 aromatic rings. The normalized spacial score (nSPS) is 23.3. The van der Waals surface area contributed by atoms with Crippen LogP contribution in [0, 0.1) is 11.8 Å². The zero-order valence-corrected chi connectivity index (χ0v) is 9.34. The quantitative estimate of drug-likeness (QED) is 0.578. The van der Waals surface area contributed by atoms with Crippen LogP contribution in [0.1, 0.15) is 23.2 Å². The van der Waals surface area contributed by atoms with Crippen molar-refractivity contribution in [1.29, 1.82) is 0 Å². The summed E-state index contributed by atoms with van der Waals surface area (Å²) >= 11 is 0.